The minimum absolute atomic E-state index is 0.213. The lowest BCUT2D eigenvalue weighted by atomic mass is 10.1. The summed E-state index contributed by atoms with van der Waals surface area (Å²) in [5.41, 5.74) is 7.74. The van der Waals surface area contributed by atoms with Crippen LogP contribution in [0, 0.1) is 5.82 Å². The third kappa shape index (κ3) is 5.05. The van der Waals surface area contributed by atoms with E-state index in [1.165, 1.54) is 12.1 Å². The van der Waals surface area contributed by atoms with E-state index in [0.717, 1.165) is 31.9 Å². The van der Waals surface area contributed by atoms with Crippen LogP contribution in [0.15, 0.2) is 48.7 Å². The number of H-pyrrole nitrogens is 1. The fourth-order valence-electron chi connectivity index (χ4n) is 4.71. The van der Waals surface area contributed by atoms with E-state index < -0.39 is 11.7 Å². The first-order valence-corrected chi connectivity index (χ1v) is 12.5. The Morgan fingerprint density at radius 2 is 1.87 bits per heavy atom. The quantitative estimate of drug-likeness (QED) is 0.273. The highest BCUT2D eigenvalue weighted by Gasteiger charge is 2.21. The maximum absolute atomic E-state index is 14.3. The van der Waals surface area contributed by atoms with Crippen molar-refractivity contribution in [2.45, 2.75) is 19.9 Å². The number of amides is 1. The molecule has 1 saturated heterocycles. The van der Waals surface area contributed by atoms with Crippen LogP contribution < -0.4 is 26.0 Å². The van der Waals surface area contributed by atoms with E-state index in [1.807, 2.05) is 18.2 Å². The first kappa shape index (κ1) is 25.3. The van der Waals surface area contributed by atoms with Gasteiger partial charge in [-0.2, -0.15) is 9.97 Å². The average molecular weight is 519 g/mol. The van der Waals surface area contributed by atoms with Crippen molar-refractivity contribution in [2.75, 3.05) is 48.8 Å². The fraction of sp³-hybridized carbons (Fsp3) is 0.296. The SMILES string of the molecule is COc1ccc(N2CCN(C(C)C)CC2)cc1Nc1nc(Nc2cccc(F)c2C(N)=O)c2cc[nH]c2n1. The van der Waals surface area contributed by atoms with Crippen LogP contribution in [0.3, 0.4) is 0 Å². The summed E-state index contributed by atoms with van der Waals surface area (Å²) in [6.07, 6.45) is 1.73. The molecule has 0 saturated carbocycles. The summed E-state index contributed by atoms with van der Waals surface area (Å²) in [6, 6.07) is 12.6. The average Bonchev–Trinajstić information content (AvgIpc) is 3.37. The molecule has 0 radical (unpaired) electrons. The highest BCUT2D eigenvalue weighted by molar-refractivity contribution is 6.01. The molecule has 1 fully saturated rings. The fourth-order valence-corrected chi connectivity index (χ4v) is 4.71. The third-order valence-corrected chi connectivity index (χ3v) is 6.77. The summed E-state index contributed by atoms with van der Waals surface area (Å²) < 4.78 is 19.9. The van der Waals surface area contributed by atoms with Crippen LogP contribution in [-0.4, -0.2) is 65.1 Å². The highest BCUT2D eigenvalue weighted by Crippen LogP contribution is 2.34. The lowest BCUT2D eigenvalue weighted by molar-refractivity contribution is 0.0997. The molecule has 11 heteroatoms. The number of ether oxygens (including phenoxy) is 1. The standard InChI is InChI=1S/C27H31FN8O2/c1-16(2)35-11-13-36(14-12-35)17-7-8-22(38-3)21(15-17)32-27-33-25-18(9-10-30-25)26(34-27)31-20-6-4-5-19(28)23(20)24(29)37/h4-10,15-16H,11-14H2,1-3H3,(H2,29,37)(H3,30,31,32,33,34). The molecule has 2 aromatic carbocycles. The minimum Gasteiger partial charge on any atom is -0.495 e. The highest BCUT2D eigenvalue weighted by atomic mass is 19.1. The van der Waals surface area contributed by atoms with Gasteiger partial charge in [0.1, 0.15) is 23.0 Å². The minimum atomic E-state index is -0.876. The van der Waals surface area contributed by atoms with Crippen molar-refractivity contribution < 1.29 is 13.9 Å². The summed E-state index contributed by atoms with van der Waals surface area (Å²) in [4.78, 5) is 29.0. The summed E-state index contributed by atoms with van der Waals surface area (Å²) in [6.45, 7) is 8.30. The molecule has 0 spiro atoms. The number of nitrogens with one attached hydrogen (secondary N) is 3. The molecular formula is C27H31FN8O2. The monoisotopic (exact) mass is 518 g/mol. The summed E-state index contributed by atoms with van der Waals surface area (Å²) in [5, 5.41) is 7.00. The van der Waals surface area contributed by atoms with Crippen molar-refractivity contribution in [3.8, 4) is 5.75 Å². The number of rotatable bonds is 8. The van der Waals surface area contributed by atoms with E-state index in [2.05, 4.69) is 49.2 Å². The van der Waals surface area contributed by atoms with Crippen LogP contribution in [0.2, 0.25) is 0 Å². The molecule has 1 amide bonds. The Morgan fingerprint density at radius 1 is 1.08 bits per heavy atom. The van der Waals surface area contributed by atoms with E-state index >= 15 is 0 Å². The number of hydrogen-bond acceptors (Lipinski definition) is 8. The van der Waals surface area contributed by atoms with E-state index in [0.29, 0.717) is 40.3 Å². The Labute approximate surface area is 220 Å². The van der Waals surface area contributed by atoms with Crippen LogP contribution in [0.25, 0.3) is 11.0 Å². The molecule has 0 atom stereocenters. The lowest BCUT2D eigenvalue weighted by Gasteiger charge is -2.38. The number of aromatic amines is 1. The first-order chi connectivity index (χ1) is 18.3. The van der Waals surface area contributed by atoms with Crippen LogP contribution in [0.1, 0.15) is 24.2 Å². The second-order valence-corrected chi connectivity index (χ2v) is 9.41. The molecule has 198 valence electrons. The summed E-state index contributed by atoms with van der Waals surface area (Å²) in [5.74, 6) is -0.276. The Kier molecular flexibility index (Phi) is 7.01. The molecule has 3 heterocycles. The molecule has 38 heavy (non-hydrogen) atoms. The van der Waals surface area contributed by atoms with Gasteiger partial charge in [-0.15, -0.1) is 0 Å². The van der Waals surface area contributed by atoms with Gasteiger partial charge in [-0.05, 0) is 50.2 Å². The second-order valence-electron chi connectivity index (χ2n) is 9.41. The van der Waals surface area contributed by atoms with Gasteiger partial charge in [-0.3, -0.25) is 9.69 Å². The maximum atomic E-state index is 14.3. The van der Waals surface area contributed by atoms with Gasteiger partial charge in [0.25, 0.3) is 5.91 Å². The van der Waals surface area contributed by atoms with Crippen molar-refractivity contribution in [2.24, 2.45) is 5.73 Å². The molecule has 2 aromatic heterocycles. The molecule has 0 aliphatic carbocycles. The number of methoxy groups -OCH3 is 1. The van der Waals surface area contributed by atoms with E-state index in [4.69, 9.17) is 10.5 Å². The predicted octanol–water partition coefficient (Wildman–Crippen LogP) is 4.22. The number of halogens is 1. The van der Waals surface area contributed by atoms with Gasteiger partial charge in [0, 0.05) is 44.1 Å². The summed E-state index contributed by atoms with van der Waals surface area (Å²) in [7, 11) is 1.61. The predicted molar refractivity (Wildman–Crippen MR) is 147 cm³/mol. The zero-order chi connectivity index (χ0) is 26.8. The summed E-state index contributed by atoms with van der Waals surface area (Å²) >= 11 is 0. The number of aromatic nitrogens is 3. The number of benzene rings is 2. The zero-order valence-corrected chi connectivity index (χ0v) is 21.6. The number of nitrogens with zero attached hydrogens (tertiary/aromatic N) is 4. The molecule has 4 aromatic rings. The number of carbonyl (C=O) groups excluding carboxylic acids is 1. The molecule has 1 aliphatic rings. The number of piperazine rings is 1. The molecule has 0 bridgehead atoms. The Balaban J connectivity index is 1.46. The third-order valence-electron chi connectivity index (χ3n) is 6.77. The Bertz CT molecular complexity index is 1460. The van der Waals surface area contributed by atoms with Gasteiger partial charge in [-0.25, -0.2) is 4.39 Å². The number of carbonyl (C=O) groups is 1. The lowest BCUT2D eigenvalue weighted by Crippen LogP contribution is -2.48. The molecule has 0 unspecified atom stereocenters. The smallest absolute Gasteiger partial charge is 0.253 e. The van der Waals surface area contributed by atoms with Crippen LogP contribution in [0.4, 0.5) is 33.2 Å². The van der Waals surface area contributed by atoms with Crippen LogP contribution in [-0.2, 0) is 0 Å². The Hall–Kier alpha value is -4.38. The van der Waals surface area contributed by atoms with Gasteiger partial charge in [0.05, 0.1) is 29.4 Å². The number of nitrogens with two attached hydrogens (primary N) is 1. The first-order valence-electron chi connectivity index (χ1n) is 12.5. The molecule has 1 aliphatic heterocycles. The number of hydrogen-bond donors (Lipinski definition) is 4. The van der Waals surface area contributed by atoms with Crippen LogP contribution in [0.5, 0.6) is 5.75 Å². The van der Waals surface area contributed by atoms with E-state index in [9.17, 15) is 9.18 Å². The van der Waals surface area contributed by atoms with Crippen LogP contribution >= 0.6 is 0 Å². The van der Waals surface area contributed by atoms with Gasteiger partial charge in [0.2, 0.25) is 5.95 Å². The van der Waals surface area contributed by atoms with E-state index in [1.54, 1.807) is 25.4 Å². The van der Waals surface area contributed by atoms with Crippen molar-refractivity contribution in [1.29, 1.82) is 0 Å². The van der Waals surface area contributed by atoms with E-state index in [-0.39, 0.29) is 11.3 Å². The molecule has 10 nitrogen and oxygen atoms in total. The number of primary amides is 1. The van der Waals surface area contributed by atoms with Gasteiger partial charge in [0.15, 0.2) is 0 Å². The molecule has 5 N–H and O–H groups in total. The van der Waals surface area contributed by atoms with Crippen molar-refractivity contribution in [3.63, 3.8) is 0 Å². The largest absolute Gasteiger partial charge is 0.495 e. The van der Waals surface area contributed by atoms with Crippen molar-refractivity contribution >= 4 is 45.8 Å². The topological polar surface area (TPSA) is 124 Å². The van der Waals surface area contributed by atoms with Crippen molar-refractivity contribution in [1.82, 2.24) is 19.9 Å². The maximum Gasteiger partial charge on any atom is 0.253 e. The van der Waals surface area contributed by atoms with Gasteiger partial charge in [-0.1, -0.05) is 6.07 Å². The zero-order valence-electron chi connectivity index (χ0n) is 21.6. The van der Waals surface area contributed by atoms with Crippen molar-refractivity contribution in [3.05, 3.63) is 60.0 Å². The van der Waals surface area contributed by atoms with Gasteiger partial charge >= 0.3 is 0 Å². The number of anilines is 5. The number of fused-ring (bicyclic) bond motifs is 1. The normalized spacial score (nSPS) is 14.2. The molecule has 5 rings (SSSR count). The second kappa shape index (κ2) is 10.5. The molecular weight excluding hydrogens is 487 g/mol. The van der Waals surface area contributed by atoms with Gasteiger partial charge < -0.3 is 31.0 Å². The Morgan fingerprint density at radius 3 is 2.58 bits per heavy atom.